The van der Waals surface area contributed by atoms with Gasteiger partial charge in [-0.25, -0.2) is 4.39 Å². The standard InChI is InChI=1S/C17H19BrFN/c1-12-3-2-4-13(5-12)6-15(11-20)7-14-8-16(18)10-17(19)9-14/h2-5,8-10,15H,6-7,11,20H2,1H3. The molecule has 0 amide bonds. The summed E-state index contributed by atoms with van der Waals surface area (Å²) in [6.07, 6.45) is 1.72. The SMILES string of the molecule is Cc1cccc(CC(CN)Cc2cc(F)cc(Br)c2)c1. The van der Waals surface area contributed by atoms with Crippen molar-refractivity contribution in [3.05, 3.63) is 69.4 Å². The van der Waals surface area contributed by atoms with Gasteiger partial charge in [0.25, 0.3) is 0 Å². The number of hydrogen-bond donors (Lipinski definition) is 1. The summed E-state index contributed by atoms with van der Waals surface area (Å²) in [5, 5.41) is 0. The van der Waals surface area contributed by atoms with Gasteiger partial charge in [-0.1, -0.05) is 45.8 Å². The lowest BCUT2D eigenvalue weighted by Crippen LogP contribution is -2.19. The van der Waals surface area contributed by atoms with E-state index in [4.69, 9.17) is 5.73 Å². The Morgan fingerprint density at radius 1 is 1.10 bits per heavy atom. The number of rotatable bonds is 5. The van der Waals surface area contributed by atoms with Crippen LogP contribution in [0.5, 0.6) is 0 Å². The van der Waals surface area contributed by atoms with Gasteiger partial charge in [-0.05, 0) is 61.6 Å². The summed E-state index contributed by atoms with van der Waals surface area (Å²) < 4.78 is 14.2. The Bertz CT molecular complexity index is 563. The molecule has 0 saturated heterocycles. The van der Waals surface area contributed by atoms with Gasteiger partial charge < -0.3 is 5.73 Å². The van der Waals surface area contributed by atoms with Crippen molar-refractivity contribution in [3.8, 4) is 0 Å². The van der Waals surface area contributed by atoms with Crippen LogP contribution in [0.25, 0.3) is 0 Å². The molecule has 20 heavy (non-hydrogen) atoms. The maximum Gasteiger partial charge on any atom is 0.124 e. The third-order valence-corrected chi connectivity index (χ3v) is 3.84. The molecule has 0 heterocycles. The van der Waals surface area contributed by atoms with Crippen LogP contribution in [0.4, 0.5) is 4.39 Å². The fourth-order valence-electron chi connectivity index (χ4n) is 2.47. The molecule has 0 aliphatic heterocycles. The normalized spacial score (nSPS) is 12.4. The number of benzene rings is 2. The Morgan fingerprint density at radius 2 is 1.85 bits per heavy atom. The average molecular weight is 336 g/mol. The summed E-state index contributed by atoms with van der Waals surface area (Å²) in [7, 11) is 0. The molecule has 0 aliphatic rings. The monoisotopic (exact) mass is 335 g/mol. The fourth-order valence-corrected chi connectivity index (χ4v) is 2.99. The maximum absolute atomic E-state index is 13.4. The van der Waals surface area contributed by atoms with E-state index in [-0.39, 0.29) is 5.82 Å². The molecule has 0 aliphatic carbocycles. The second kappa shape index (κ2) is 7.00. The van der Waals surface area contributed by atoms with E-state index < -0.39 is 0 Å². The number of halogens is 2. The molecule has 1 atom stereocenters. The van der Waals surface area contributed by atoms with Gasteiger partial charge >= 0.3 is 0 Å². The highest BCUT2D eigenvalue weighted by atomic mass is 79.9. The Kier molecular flexibility index (Phi) is 5.32. The van der Waals surface area contributed by atoms with Gasteiger partial charge in [-0.2, -0.15) is 0 Å². The zero-order valence-electron chi connectivity index (χ0n) is 11.6. The van der Waals surface area contributed by atoms with Crippen LogP contribution < -0.4 is 5.73 Å². The lowest BCUT2D eigenvalue weighted by molar-refractivity contribution is 0.530. The summed E-state index contributed by atoms with van der Waals surface area (Å²) in [5.41, 5.74) is 9.41. The number of hydrogen-bond acceptors (Lipinski definition) is 1. The van der Waals surface area contributed by atoms with Crippen LogP contribution in [0, 0.1) is 18.7 Å². The number of aryl methyl sites for hydroxylation is 1. The van der Waals surface area contributed by atoms with E-state index in [0.717, 1.165) is 22.9 Å². The number of nitrogens with two attached hydrogens (primary N) is 1. The molecule has 0 fully saturated rings. The molecular formula is C17H19BrFN. The second-order valence-electron chi connectivity index (χ2n) is 5.28. The van der Waals surface area contributed by atoms with Crippen molar-refractivity contribution in [2.75, 3.05) is 6.54 Å². The summed E-state index contributed by atoms with van der Waals surface area (Å²) >= 11 is 3.33. The van der Waals surface area contributed by atoms with Crippen molar-refractivity contribution < 1.29 is 4.39 Å². The molecule has 1 nitrogen and oxygen atoms in total. The van der Waals surface area contributed by atoms with E-state index in [1.807, 2.05) is 6.07 Å². The lowest BCUT2D eigenvalue weighted by atomic mass is 9.92. The predicted octanol–water partition coefficient (Wildman–Crippen LogP) is 4.26. The molecule has 0 radical (unpaired) electrons. The smallest absolute Gasteiger partial charge is 0.124 e. The highest BCUT2D eigenvalue weighted by molar-refractivity contribution is 9.10. The molecule has 2 aromatic carbocycles. The molecule has 0 spiro atoms. The van der Waals surface area contributed by atoms with Crippen LogP contribution in [-0.4, -0.2) is 6.54 Å². The van der Waals surface area contributed by atoms with Crippen molar-refractivity contribution >= 4 is 15.9 Å². The van der Waals surface area contributed by atoms with E-state index in [9.17, 15) is 4.39 Å². The molecule has 106 valence electrons. The van der Waals surface area contributed by atoms with E-state index in [0.29, 0.717) is 12.5 Å². The van der Waals surface area contributed by atoms with Crippen LogP contribution >= 0.6 is 15.9 Å². The van der Waals surface area contributed by atoms with E-state index in [1.165, 1.54) is 17.2 Å². The molecule has 0 aromatic heterocycles. The molecular weight excluding hydrogens is 317 g/mol. The molecule has 1 unspecified atom stereocenters. The van der Waals surface area contributed by atoms with Gasteiger partial charge in [-0.15, -0.1) is 0 Å². The van der Waals surface area contributed by atoms with Gasteiger partial charge in [0.15, 0.2) is 0 Å². The zero-order chi connectivity index (χ0) is 14.5. The van der Waals surface area contributed by atoms with Crippen LogP contribution in [0.2, 0.25) is 0 Å². The summed E-state index contributed by atoms with van der Waals surface area (Å²) in [5.74, 6) is 0.117. The van der Waals surface area contributed by atoms with Crippen molar-refractivity contribution in [2.24, 2.45) is 11.7 Å². The Morgan fingerprint density at radius 3 is 2.50 bits per heavy atom. The first-order valence-electron chi connectivity index (χ1n) is 6.77. The molecule has 2 rings (SSSR count). The Balaban J connectivity index is 2.09. The molecule has 2 aromatic rings. The van der Waals surface area contributed by atoms with Gasteiger partial charge in [0, 0.05) is 4.47 Å². The quantitative estimate of drug-likeness (QED) is 0.868. The Hall–Kier alpha value is -1.19. The molecule has 0 saturated carbocycles. The largest absolute Gasteiger partial charge is 0.330 e. The predicted molar refractivity (Wildman–Crippen MR) is 85.2 cm³/mol. The highest BCUT2D eigenvalue weighted by Gasteiger charge is 2.10. The van der Waals surface area contributed by atoms with Crippen LogP contribution in [0.1, 0.15) is 16.7 Å². The topological polar surface area (TPSA) is 26.0 Å². The minimum atomic E-state index is -0.208. The first-order chi connectivity index (χ1) is 9.56. The van der Waals surface area contributed by atoms with E-state index >= 15 is 0 Å². The molecule has 0 bridgehead atoms. The van der Waals surface area contributed by atoms with E-state index in [2.05, 4.69) is 47.1 Å². The first-order valence-corrected chi connectivity index (χ1v) is 7.56. The minimum Gasteiger partial charge on any atom is -0.330 e. The van der Waals surface area contributed by atoms with Crippen molar-refractivity contribution in [3.63, 3.8) is 0 Å². The summed E-state index contributed by atoms with van der Waals surface area (Å²) in [6, 6.07) is 13.5. The summed E-state index contributed by atoms with van der Waals surface area (Å²) in [6.45, 7) is 2.69. The van der Waals surface area contributed by atoms with Crippen molar-refractivity contribution in [2.45, 2.75) is 19.8 Å². The zero-order valence-corrected chi connectivity index (χ0v) is 13.2. The average Bonchev–Trinajstić information content (AvgIpc) is 2.36. The molecule has 2 N–H and O–H groups in total. The fraction of sp³-hybridized carbons (Fsp3) is 0.294. The minimum absolute atomic E-state index is 0.208. The highest BCUT2D eigenvalue weighted by Crippen LogP contribution is 2.19. The van der Waals surface area contributed by atoms with Crippen molar-refractivity contribution in [1.29, 1.82) is 0 Å². The van der Waals surface area contributed by atoms with Crippen molar-refractivity contribution in [1.82, 2.24) is 0 Å². The maximum atomic E-state index is 13.4. The Labute approximate surface area is 128 Å². The summed E-state index contributed by atoms with van der Waals surface area (Å²) in [4.78, 5) is 0. The molecule has 3 heteroatoms. The van der Waals surface area contributed by atoms with Gasteiger partial charge in [0.05, 0.1) is 0 Å². The lowest BCUT2D eigenvalue weighted by Gasteiger charge is -2.15. The second-order valence-corrected chi connectivity index (χ2v) is 6.19. The van der Waals surface area contributed by atoms with Gasteiger partial charge in [0.2, 0.25) is 0 Å². The third-order valence-electron chi connectivity index (χ3n) is 3.39. The van der Waals surface area contributed by atoms with Gasteiger partial charge in [0.1, 0.15) is 5.82 Å². The first kappa shape index (κ1) is 15.2. The van der Waals surface area contributed by atoms with Crippen LogP contribution in [0.3, 0.4) is 0 Å². The van der Waals surface area contributed by atoms with E-state index in [1.54, 1.807) is 6.07 Å². The van der Waals surface area contributed by atoms with Crippen LogP contribution in [-0.2, 0) is 12.8 Å². The van der Waals surface area contributed by atoms with Gasteiger partial charge in [-0.3, -0.25) is 0 Å². The third kappa shape index (κ3) is 4.43. The van der Waals surface area contributed by atoms with Crippen LogP contribution in [0.15, 0.2) is 46.9 Å².